The molecule has 2 aromatic carbocycles. The van der Waals surface area contributed by atoms with E-state index in [0.717, 1.165) is 11.6 Å². The summed E-state index contributed by atoms with van der Waals surface area (Å²) in [4.78, 5) is 16.9. The molecule has 1 N–H and O–H groups in total. The Morgan fingerprint density at radius 1 is 1.10 bits per heavy atom. The molecule has 0 fully saturated rings. The molecule has 0 saturated heterocycles. The molecule has 0 saturated carbocycles. The van der Waals surface area contributed by atoms with Crippen LogP contribution in [0.3, 0.4) is 0 Å². The van der Waals surface area contributed by atoms with Crippen molar-refractivity contribution in [3.63, 3.8) is 0 Å². The number of fused-ring (bicyclic) bond motifs is 1. The van der Waals surface area contributed by atoms with Crippen LogP contribution in [0.15, 0.2) is 66.9 Å². The van der Waals surface area contributed by atoms with Crippen LogP contribution in [0.25, 0.3) is 16.9 Å². The fourth-order valence-electron chi connectivity index (χ4n) is 2.97. The number of hydrogen-bond donors (Lipinski definition) is 1. The van der Waals surface area contributed by atoms with Gasteiger partial charge in [0.1, 0.15) is 22.9 Å². The Balaban J connectivity index is 1.70. The number of carbonyl (C=O) groups is 1. The van der Waals surface area contributed by atoms with E-state index in [1.54, 1.807) is 40.9 Å². The first-order valence-electron chi connectivity index (χ1n) is 8.94. The van der Waals surface area contributed by atoms with Gasteiger partial charge in [0.25, 0.3) is 5.91 Å². The van der Waals surface area contributed by atoms with Gasteiger partial charge in [-0.05, 0) is 48.9 Å². The second kappa shape index (κ2) is 7.71. The molecule has 2 aromatic heterocycles. The Kier molecular flexibility index (Phi) is 4.95. The van der Waals surface area contributed by atoms with E-state index in [-0.39, 0.29) is 23.7 Å². The zero-order valence-electron chi connectivity index (χ0n) is 15.5. The van der Waals surface area contributed by atoms with Crippen LogP contribution in [-0.4, -0.2) is 21.9 Å². The first kappa shape index (κ1) is 18.6. The maximum atomic E-state index is 14.4. The molecule has 7 heteroatoms. The number of hydrogen-bond acceptors (Lipinski definition) is 3. The van der Waals surface area contributed by atoms with Crippen molar-refractivity contribution in [2.45, 2.75) is 6.92 Å². The smallest absolute Gasteiger partial charge is 0.263 e. The second-order valence-corrected chi connectivity index (χ2v) is 6.49. The van der Waals surface area contributed by atoms with E-state index in [1.165, 1.54) is 12.1 Å². The number of halogens is 2. The SMILES string of the molecule is Cc1ccn2c(NC(=O)COc3ccccc3)c(-c3cccc(F)c3F)nc2c1. The largest absolute Gasteiger partial charge is 0.484 e. The van der Waals surface area contributed by atoms with Gasteiger partial charge < -0.3 is 10.1 Å². The number of anilines is 1. The number of nitrogens with zero attached hydrogens (tertiary/aromatic N) is 2. The van der Waals surface area contributed by atoms with Crippen LogP contribution in [0.2, 0.25) is 0 Å². The van der Waals surface area contributed by atoms with Gasteiger partial charge >= 0.3 is 0 Å². The highest BCUT2D eigenvalue weighted by Gasteiger charge is 2.21. The van der Waals surface area contributed by atoms with Gasteiger partial charge in [-0.15, -0.1) is 0 Å². The molecule has 4 rings (SSSR count). The highest BCUT2D eigenvalue weighted by Crippen LogP contribution is 2.31. The van der Waals surface area contributed by atoms with Crippen molar-refractivity contribution in [1.29, 1.82) is 0 Å². The second-order valence-electron chi connectivity index (χ2n) is 6.49. The third kappa shape index (κ3) is 3.80. The predicted octanol–water partition coefficient (Wildman–Crippen LogP) is 4.61. The fraction of sp³-hybridized carbons (Fsp3) is 0.0909. The average Bonchev–Trinajstić information content (AvgIpc) is 3.06. The molecule has 1 amide bonds. The Hall–Kier alpha value is -3.74. The summed E-state index contributed by atoms with van der Waals surface area (Å²) >= 11 is 0. The summed E-state index contributed by atoms with van der Waals surface area (Å²) in [5, 5.41) is 2.72. The van der Waals surface area contributed by atoms with E-state index in [4.69, 9.17) is 4.74 Å². The Morgan fingerprint density at radius 3 is 2.69 bits per heavy atom. The van der Waals surface area contributed by atoms with Crippen molar-refractivity contribution in [3.8, 4) is 17.0 Å². The number of pyridine rings is 1. The van der Waals surface area contributed by atoms with E-state index in [1.807, 2.05) is 19.1 Å². The summed E-state index contributed by atoms with van der Waals surface area (Å²) in [6.07, 6.45) is 1.71. The third-order valence-electron chi connectivity index (χ3n) is 4.36. The van der Waals surface area contributed by atoms with Crippen molar-refractivity contribution >= 4 is 17.4 Å². The van der Waals surface area contributed by atoms with E-state index in [0.29, 0.717) is 11.4 Å². The molecule has 0 atom stereocenters. The Bertz CT molecular complexity index is 1190. The van der Waals surface area contributed by atoms with Crippen molar-refractivity contribution < 1.29 is 18.3 Å². The normalized spacial score (nSPS) is 10.9. The van der Waals surface area contributed by atoms with E-state index < -0.39 is 17.5 Å². The molecule has 4 aromatic rings. The van der Waals surface area contributed by atoms with Crippen molar-refractivity contribution in [3.05, 3.63) is 84.1 Å². The lowest BCUT2D eigenvalue weighted by Gasteiger charge is -2.10. The molecular weight excluding hydrogens is 376 g/mol. The summed E-state index contributed by atoms with van der Waals surface area (Å²) < 4.78 is 35.3. The quantitative estimate of drug-likeness (QED) is 0.539. The standard InChI is InChI=1S/C22H17F2N3O2/c1-14-10-11-27-18(12-14)25-21(16-8-5-9-17(23)20(16)24)22(27)26-19(28)13-29-15-6-3-2-4-7-15/h2-12H,13H2,1H3,(H,26,28). The Morgan fingerprint density at radius 2 is 1.90 bits per heavy atom. The van der Waals surface area contributed by atoms with Crippen molar-refractivity contribution in [2.75, 3.05) is 11.9 Å². The van der Waals surface area contributed by atoms with Gasteiger partial charge in [0, 0.05) is 11.8 Å². The number of ether oxygens (including phenoxy) is 1. The minimum absolute atomic E-state index is 0.0365. The third-order valence-corrected chi connectivity index (χ3v) is 4.36. The molecule has 0 radical (unpaired) electrons. The molecule has 29 heavy (non-hydrogen) atoms. The number of carbonyl (C=O) groups excluding carboxylic acids is 1. The summed E-state index contributed by atoms with van der Waals surface area (Å²) in [6, 6.07) is 16.4. The number of rotatable bonds is 5. The van der Waals surface area contributed by atoms with Crippen molar-refractivity contribution in [1.82, 2.24) is 9.38 Å². The molecule has 0 spiro atoms. The topological polar surface area (TPSA) is 55.6 Å². The molecule has 2 heterocycles. The van der Waals surface area contributed by atoms with E-state index in [2.05, 4.69) is 10.3 Å². The van der Waals surface area contributed by atoms with Crippen LogP contribution in [0, 0.1) is 18.6 Å². The maximum absolute atomic E-state index is 14.4. The molecule has 0 bridgehead atoms. The predicted molar refractivity (Wildman–Crippen MR) is 106 cm³/mol. The molecule has 146 valence electrons. The molecule has 5 nitrogen and oxygen atoms in total. The molecule has 0 aliphatic rings. The van der Waals surface area contributed by atoms with Crippen LogP contribution in [-0.2, 0) is 4.79 Å². The first-order chi connectivity index (χ1) is 14.0. The minimum Gasteiger partial charge on any atom is -0.484 e. The van der Waals surface area contributed by atoms with Gasteiger partial charge in [-0.2, -0.15) is 0 Å². The van der Waals surface area contributed by atoms with Crippen LogP contribution >= 0.6 is 0 Å². The molecule has 0 aliphatic carbocycles. The lowest BCUT2D eigenvalue weighted by atomic mass is 10.1. The van der Waals surface area contributed by atoms with Gasteiger partial charge in [-0.25, -0.2) is 13.8 Å². The number of aromatic nitrogens is 2. The number of amides is 1. The summed E-state index contributed by atoms with van der Waals surface area (Å²) in [6.45, 7) is 1.65. The molecular formula is C22H17F2N3O2. The zero-order chi connectivity index (χ0) is 20.4. The van der Waals surface area contributed by atoms with E-state index >= 15 is 0 Å². The van der Waals surface area contributed by atoms with Gasteiger partial charge in [0.15, 0.2) is 18.2 Å². The van der Waals surface area contributed by atoms with Crippen LogP contribution in [0.4, 0.5) is 14.6 Å². The Labute approximate surface area is 165 Å². The summed E-state index contributed by atoms with van der Waals surface area (Å²) in [5.41, 5.74) is 1.55. The van der Waals surface area contributed by atoms with E-state index in [9.17, 15) is 13.6 Å². The summed E-state index contributed by atoms with van der Waals surface area (Å²) in [5.74, 6) is -1.67. The monoisotopic (exact) mass is 393 g/mol. The number of para-hydroxylation sites is 1. The minimum atomic E-state index is -1.02. The first-order valence-corrected chi connectivity index (χ1v) is 8.94. The van der Waals surface area contributed by atoms with Gasteiger partial charge in [-0.1, -0.05) is 24.3 Å². The number of imidazole rings is 1. The lowest BCUT2D eigenvalue weighted by molar-refractivity contribution is -0.118. The summed E-state index contributed by atoms with van der Waals surface area (Å²) in [7, 11) is 0. The highest BCUT2D eigenvalue weighted by molar-refractivity contribution is 5.95. The van der Waals surface area contributed by atoms with Gasteiger partial charge in [-0.3, -0.25) is 9.20 Å². The fourth-order valence-corrected chi connectivity index (χ4v) is 2.97. The number of nitrogens with one attached hydrogen (secondary N) is 1. The maximum Gasteiger partial charge on any atom is 0.263 e. The van der Waals surface area contributed by atoms with Crippen molar-refractivity contribution in [2.24, 2.45) is 0 Å². The van der Waals surface area contributed by atoms with Crippen LogP contribution in [0.5, 0.6) is 5.75 Å². The van der Waals surface area contributed by atoms with Crippen LogP contribution in [0.1, 0.15) is 5.56 Å². The lowest BCUT2D eigenvalue weighted by Crippen LogP contribution is -2.21. The molecule has 0 unspecified atom stereocenters. The number of aryl methyl sites for hydroxylation is 1. The molecule has 0 aliphatic heterocycles. The average molecular weight is 393 g/mol. The zero-order valence-corrected chi connectivity index (χ0v) is 15.5. The van der Waals surface area contributed by atoms with Crippen LogP contribution < -0.4 is 10.1 Å². The van der Waals surface area contributed by atoms with Gasteiger partial charge in [0.05, 0.1) is 0 Å². The number of benzene rings is 2. The van der Waals surface area contributed by atoms with Gasteiger partial charge in [0.2, 0.25) is 0 Å². The highest BCUT2D eigenvalue weighted by atomic mass is 19.2.